The maximum Gasteiger partial charge on any atom is 0.255 e. The quantitative estimate of drug-likeness (QED) is 0.337. The second-order valence-electron chi connectivity index (χ2n) is 7.90. The van der Waals surface area contributed by atoms with Crippen molar-refractivity contribution in [2.75, 3.05) is 10.6 Å². The van der Waals surface area contributed by atoms with Gasteiger partial charge in [-0.2, -0.15) is 4.98 Å². The Morgan fingerprint density at radius 3 is 2.83 bits per heavy atom. The maximum atomic E-state index is 14.1. The number of phenols is 1. The molecule has 35 heavy (non-hydrogen) atoms. The van der Waals surface area contributed by atoms with Crippen LogP contribution in [0.3, 0.4) is 0 Å². The zero-order valence-electron chi connectivity index (χ0n) is 18.6. The second kappa shape index (κ2) is 9.59. The van der Waals surface area contributed by atoms with Crippen molar-refractivity contribution in [1.82, 2.24) is 19.7 Å². The number of allylic oxidation sites excluding steroid dienone is 1. The molecular weight excluding hydrogens is 467 g/mol. The van der Waals surface area contributed by atoms with Crippen molar-refractivity contribution in [2.24, 2.45) is 0 Å². The number of nitrogens with zero attached hydrogens (tertiary/aromatic N) is 4. The topological polar surface area (TPSA) is 105 Å². The number of phenolic OH excluding ortho intramolecular Hbond substituents is 1. The Kier molecular flexibility index (Phi) is 6.19. The molecule has 0 radical (unpaired) electrons. The van der Waals surface area contributed by atoms with Crippen LogP contribution in [-0.2, 0) is 10.5 Å². The number of fused-ring (bicyclic) bond motifs is 1. The first-order chi connectivity index (χ1) is 17.0. The van der Waals surface area contributed by atoms with Crippen molar-refractivity contribution in [3.63, 3.8) is 0 Å². The van der Waals surface area contributed by atoms with Crippen LogP contribution in [-0.4, -0.2) is 30.8 Å². The molecule has 3 heterocycles. The Hall–Kier alpha value is -4.18. The van der Waals surface area contributed by atoms with Crippen molar-refractivity contribution in [3.05, 3.63) is 101 Å². The van der Waals surface area contributed by atoms with E-state index in [1.807, 2.05) is 6.07 Å². The number of aromatic hydroxyl groups is 1. The van der Waals surface area contributed by atoms with E-state index in [4.69, 9.17) is 0 Å². The molecule has 176 valence electrons. The van der Waals surface area contributed by atoms with E-state index in [1.54, 1.807) is 72.5 Å². The van der Waals surface area contributed by atoms with Crippen molar-refractivity contribution >= 4 is 29.3 Å². The number of nitrogens with one attached hydrogen (secondary N) is 2. The lowest BCUT2D eigenvalue weighted by Crippen LogP contribution is -2.31. The van der Waals surface area contributed by atoms with E-state index in [0.717, 1.165) is 0 Å². The number of benzene rings is 2. The van der Waals surface area contributed by atoms with E-state index in [0.29, 0.717) is 44.9 Å². The highest BCUT2D eigenvalue weighted by molar-refractivity contribution is 7.98. The van der Waals surface area contributed by atoms with Gasteiger partial charge in [-0.05, 0) is 48.4 Å². The van der Waals surface area contributed by atoms with Crippen LogP contribution in [0.5, 0.6) is 5.75 Å². The smallest absolute Gasteiger partial charge is 0.255 e. The molecule has 0 saturated carbocycles. The van der Waals surface area contributed by atoms with Gasteiger partial charge in [0.1, 0.15) is 17.6 Å². The van der Waals surface area contributed by atoms with Crippen LogP contribution in [0.4, 0.5) is 16.0 Å². The summed E-state index contributed by atoms with van der Waals surface area (Å²) in [6.07, 6.45) is 3.19. The molecule has 1 amide bonds. The van der Waals surface area contributed by atoms with Crippen LogP contribution in [0, 0.1) is 5.82 Å². The Labute approximate surface area is 204 Å². The van der Waals surface area contributed by atoms with Crippen molar-refractivity contribution in [2.45, 2.75) is 23.9 Å². The number of anilines is 2. The number of amides is 1. The number of halogens is 1. The molecule has 0 saturated heterocycles. The van der Waals surface area contributed by atoms with E-state index in [1.165, 1.54) is 17.8 Å². The fourth-order valence-electron chi connectivity index (χ4n) is 3.88. The highest BCUT2D eigenvalue weighted by Crippen LogP contribution is 2.37. The molecule has 2 aromatic carbocycles. The summed E-state index contributed by atoms with van der Waals surface area (Å²) in [5, 5.41) is 21.2. The van der Waals surface area contributed by atoms with Crippen molar-refractivity contribution in [1.29, 1.82) is 0 Å². The van der Waals surface area contributed by atoms with E-state index in [2.05, 4.69) is 25.7 Å². The molecule has 3 N–H and O–H groups in total. The minimum absolute atomic E-state index is 0.0709. The lowest BCUT2D eigenvalue weighted by atomic mass is 9.95. The van der Waals surface area contributed by atoms with Gasteiger partial charge in [0.25, 0.3) is 5.91 Å². The Balaban J connectivity index is 1.50. The number of pyridine rings is 1. The normalized spacial score (nSPS) is 14.9. The number of thioether (sulfide) groups is 1. The zero-order chi connectivity index (χ0) is 24.4. The van der Waals surface area contributed by atoms with Crippen LogP contribution in [0.15, 0.2) is 89.5 Å². The van der Waals surface area contributed by atoms with E-state index < -0.39 is 6.04 Å². The average Bonchev–Trinajstić information content (AvgIpc) is 3.25. The fourth-order valence-corrected chi connectivity index (χ4v) is 4.70. The molecule has 1 aliphatic heterocycles. The number of aromatic nitrogens is 4. The van der Waals surface area contributed by atoms with Gasteiger partial charge in [-0.1, -0.05) is 42.1 Å². The molecule has 5 rings (SSSR count). The zero-order valence-corrected chi connectivity index (χ0v) is 19.5. The third-order valence-electron chi connectivity index (χ3n) is 5.50. The van der Waals surface area contributed by atoms with Crippen LogP contribution in [0.2, 0.25) is 0 Å². The molecule has 1 atom stereocenters. The number of rotatable bonds is 6. The summed E-state index contributed by atoms with van der Waals surface area (Å²) in [5.74, 6) is 0.254. The van der Waals surface area contributed by atoms with E-state index >= 15 is 0 Å². The summed E-state index contributed by atoms with van der Waals surface area (Å²) in [7, 11) is 0. The van der Waals surface area contributed by atoms with Crippen molar-refractivity contribution in [3.8, 4) is 5.75 Å². The van der Waals surface area contributed by atoms with Gasteiger partial charge in [-0.25, -0.2) is 9.07 Å². The molecule has 0 bridgehead atoms. The van der Waals surface area contributed by atoms with Gasteiger partial charge in [0.05, 0.1) is 17.5 Å². The molecule has 4 aromatic rings. The maximum absolute atomic E-state index is 14.1. The summed E-state index contributed by atoms with van der Waals surface area (Å²) < 4.78 is 15.7. The Bertz CT molecular complexity index is 1420. The number of hydrogen-bond acceptors (Lipinski definition) is 7. The average molecular weight is 489 g/mol. The first-order valence-corrected chi connectivity index (χ1v) is 11.8. The van der Waals surface area contributed by atoms with Gasteiger partial charge in [0, 0.05) is 17.6 Å². The van der Waals surface area contributed by atoms with Crippen LogP contribution in [0.25, 0.3) is 0 Å². The molecule has 10 heteroatoms. The predicted octanol–water partition coefficient (Wildman–Crippen LogP) is 4.74. The standard InChI is InChI=1S/C25H21FN6O2S/c1-15-21(23(34)29-18-8-5-11-27-13-18)22(16-7-4-9-19(33)12-16)32-24(28-15)30-25(31-32)35-14-17-6-2-3-10-20(17)26/h2-13,22,33H,14H2,1H3,(H,29,34)(H,28,30,31). The number of hydrogen-bond donors (Lipinski definition) is 3. The Morgan fingerprint density at radius 1 is 1.20 bits per heavy atom. The van der Waals surface area contributed by atoms with Crippen molar-refractivity contribution < 1.29 is 14.3 Å². The predicted molar refractivity (Wildman–Crippen MR) is 131 cm³/mol. The number of carbonyl (C=O) groups is 1. The lowest BCUT2D eigenvalue weighted by molar-refractivity contribution is -0.113. The summed E-state index contributed by atoms with van der Waals surface area (Å²) in [6.45, 7) is 1.79. The number of carbonyl (C=O) groups excluding carboxylic acids is 1. The molecular formula is C25H21FN6O2S. The first-order valence-electron chi connectivity index (χ1n) is 10.8. The highest BCUT2D eigenvalue weighted by Gasteiger charge is 2.34. The van der Waals surface area contributed by atoms with Gasteiger partial charge in [-0.15, -0.1) is 5.10 Å². The third-order valence-corrected chi connectivity index (χ3v) is 6.38. The summed E-state index contributed by atoms with van der Waals surface area (Å²) in [5.41, 5.74) is 2.79. The lowest BCUT2D eigenvalue weighted by Gasteiger charge is -2.28. The van der Waals surface area contributed by atoms with Gasteiger partial charge < -0.3 is 15.7 Å². The van der Waals surface area contributed by atoms with Crippen LogP contribution < -0.4 is 10.6 Å². The molecule has 0 aliphatic carbocycles. The van der Waals surface area contributed by atoms with Gasteiger partial charge in [-0.3, -0.25) is 9.78 Å². The molecule has 2 aromatic heterocycles. The summed E-state index contributed by atoms with van der Waals surface area (Å²) in [6, 6.07) is 16.1. The minimum atomic E-state index is -0.648. The molecule has 1 unspecified atom stereocenters. The van der Waals surface area contributed by atoms with E-state index in [9.17, 15) is 14.3 Å². The monoisotopic (exact) mass is 488 g/mol. The second-order valence-corrected chi connectivity index (χ2v) is 8.84. The molecule has 8 nitrogen and oxygen atoms in total. The highest BCUT2D eigenvalue weighted by atomic mass is 32.2. The third kappa shape index (κ3) is 4.73. The molecule has 0 fully saturated rings. The molecule has 1 aliphatic rings. The van der Waals surface area contributed by atoms with Gasteiger partial charge in [0.2, 0.25) is 11.1 Å². The first kappa shape index (κ1) is 22.6. The largest absolute Gasteiger partial charge is 0.508 e. The van der Waals surface area contributed by atoms with E-state index in [-0.39, 0.29) is 17.5 Å². The van der Waals surface area contributed by atoms with Crippen LogP contribution >= 0.6 is 11.8 Å². The van der Waals surface area contributed by atoms with Gasteiger partial charge >= 0.3 is 0 Å². The SMILES string of the molecule is CC1=C(C(=O)Nc2cccnc2)C(c2cccc(O)c2)n2nc(SCc3ccccc3F)nc2N1. The summed E-state index contributed by atoms with van der Waals surface area (Å²) >= 11 is 1.30. The van der Waals surface area contributed by atoms with Crippen LogP contribution in [0.1, 0.15) is 24.1 Å². The fraction of sp³-hybridized carbons (Fsp3) is 0.120. The minimum Gasteiger partial charge on any atom is -0.508 e. The van der Waals surface area contributed by atoms with Gasteiger partial charge in [0.15, 0.2) is 0 Å². The molecule has 0 spiro atoms. The Morgan fingerprint density at radius 2 is 2.06 bits per heavy atom. The summed E-state index contributed by atoms with van der Waals surface area (Å²) in [4.78, 5) is 22.0.